The molecule has 5 rings (SSSR count). The Labute approximate surface area is 174 Å². The Balaban J connectivity index is 1.36. The third-order valence-electron chi connectivity index (χ3n) is 6.25. The molecule has 0 bridgehead atoms. The summed E-state index contributed by atoms with van der Waals surface area (Å²) in [5.74, 6) is -0.235. The number of hydrogen-bond acceptors (Lipinski definition) is 3. The summed E-state index contributed by atoms with van der Waals surface area (Å²) in [5.41, 5.74) is -1.31. The smallest absolute Gasteiger partial charge is 0.385 e. The van der Waals surface area contributed by atoms with E-state index in [0.717, 1.165) is 12.1 Å². The van der Waals surface area contributed by atoms with Crippen LogP contribution >= 0.6 is 11.6 Å². The standard InChI is InChI=1S/C21H17ClF3N3O2/c22-12-3-1-2-10(4-12)19(29)27-18-13-7-20(30,8-14(13)18)16-5-11(21(23,24)25)6-17-15(16)9-26-28-17/h1-6,9,13-14,18,30H,7-8H2,(H,26,28)(H,27,29)/t13-,14+,18?,20?. The van der Waals surface area contributed by atoms with Crippen molar-refractivity contribution in [1.29, 1.82) is 0 Å². The lowest BCUT2D eigenvalue weighted by Crippen LogP contribution is -2.33. The van der Waals surface area contributed by atoms with Gasteiger partial charge in [0, 0.05) is 22.0 Å². The maximum Gasteiger partial charge on any atom is 0.416 e. The minimum absolute atomic E-state index is 0.00891. The molecule has 1 amide bonds. The van der Waals surface area contributed by atoms with Crippen molar-refractivity contribution in [2.75, 3.05) is 0 Å². The Kier molecular flexibility index (Phi) is 4.17. The largest absolute Gasteiger partial charge is 0.416 e. The molecule has 2 aliphatic carbocycles. The van der Waals surface area contributed by atoms with Gasteiger partial charge in [0.25, 0.3) is 5.91 Å². The fourth-order valence-corrected chi connectivity index (χ4v) is 4.95. The summed E-state index contributed by atoms with van der Waals surface area (Å²) >= 11 is 5.92. The summed E-state index contributed by atoms with van der Waals surface area (Å²) in [6.45, 7) is 0. The van der Waals surface area contributed by atoms with E-state index >= 15 is 0 Å². The van der Waals surface area contributed by atoms with Crippen molar-refractivity contribution >= 4 is 28.4 Å². The average molecular weight is 436 g/mol. The summed E-state index contributed by atoms with van der Waals surface area (Å²) in [4.78, 5) is 12.4. The average Bonchev–Trinajstić information content (AvgIpc) is 3.04. The second kappa shape index (κ2) is 6.46. The molecular formula is C21H17ClF3N3O2. The number of carbonyl (C=O) groups is 1. The number of amides is 1. The van der Waals surface area contributed by atoms with E-state index in [0.29, 0.717) is 16.0 Å². The molecule has 0 aliphatic heterocycles. The minimum Gasteiger partial charge on any atom is -0.385 e. The summed E-state index contributed by atoms with van der Waals surface area (Å²) in [7, 11) is 0. The Bertz CT molecular complexity index is 1150. The molecule has 5 nitrogen and oxygen atoms in total. The fraction of sp³-hybridized carbons (Fsp3) is 0.333. The number of carbonyl (C=O) groups excluding carboxylic acids is 1. The van der Waals surface area contributed by atoms with E-state index in [1.165, 1.54) is 6.20 Å². The molecule has 2 aromatic carbocycles. The van der Waals surface area contributed by atoms with Gasteiger partial charge in [0.15, 0.2) is 0 Å². The molecule has 1 heterocycles. The molecule has 0 spiro atoms. The number of fused-ring (bicyclic) bond motifs is 2. The minimum atomic E-state index is -4.53. The number of rotatable bonds is 3. The molecule has 0 radical (unpaired) electrons. The van der Waals surface area contributed by atoms with Crippen molar-refractivity contribution in [2.45, 2.75) is 30.7 Å². The van der Waals surface area contributed by atoms with E-state index in [2.05, 4.69) is 15.5 Å². The third kappa shape index (κ3) is 3.15. The van der Waals surface area contributed by atoms with E-state index in [9.17, 15) is 23.1 Å². The lowest BCUT2D eigenvalue weighted by atomic mass is 9.85. The highest BCUT2D eigenvalue weighted by atomic mass is 35.5. The third-order valence-corrected chi connectivity index (χ3v) is 6.49. The molecule has 4 atom stereocenters. The van der Waals surface area contributed by atoms with Gasteiger partial charge in [0.05, 0.1) is 22.9 Å². The summed E-state index contributed by atoms with van der Waals surface area (Å²) in [5, 5.41) is 21.5. The first-order valence-electron chi connectivity index (χ1n) is 9.49. The number of alkyl halides is 3. The maximum atomic E-state index is 13.3. The Morgan fingerprint density at radius 2 is 1.97 bits per heavy atom. The van der Waals surface area contributed by atoms with Crippen LogP contribution in [0.2, 0.25) is 5.02 Å². The predicted molar refractivity (Wildman–Crippen MR) is 104 cm³/mol. The highest BCUT2D eigenvalue weighted by Crippen LogP contribution is 2.60. The van der Waals surface area contributed by atoms with Crippen LogP contribution in [0, 0.1) is 11.8 Å². The van der Waals surface area contributed by atoms with Crippen LogP contribution in [0.1, 0.15) is 34.3 Å². The first-order chi connectivity index (χ1) is 14.2. The Hall–Kier alpha value is -2.58. The molecule has 2 unspecified atom stereocenters. The fourth-order valence-electron chi connectivity index (χ4n) is 4.76. The first-order valence-corrected chi connectivity index (χ1v) is 9.87. The molecule has 3 N–H and O–H groups in total. The monoisotopic (exact) mass is 435 g/mol. The molecule has 3 aromatic rings. The van der Waals surface area contributed by atoms with Gasteiger partial charge in [-0.3, -0.25) is 9.89 Å². The maximum absolute atomic E-state index is 13.3. The Morgan fingerprint density at radius 3 is 2.63 bits per heavy atom. The van der Waals surface area contributed by atoms with Gasteiger partial charge < -0.3 is 10.4 Å². The van der Waals surface area contributed by atoms with E-state index < -0.39 is 17.3 Å². The van der Waals surface area contributed by atoms with Crippen molar-refractivity contribution in [3.8, 4) is 0 Å². The zero-order valence-corrected chi connectivity index (χ0v) is 16.3. The number of aromatic amines is 1. The summed E-state index contributed by atoms with van der Waals surface area (Å²) < 4.78 is 40.0. The molecule has 2 fully saturated rings. The van der Waals surface area contributed by atoms with Crippen molar-refractivity contribution in [3.05, 3.63) is 64.3 Å². The van der Waals surface area contributed by atoms with Crippen LogP contribution < -0.4 is 5.32 Å². The number of aliphatic hydroxyl groups is 1. The number of nitrogens with zero attached hydrogens (tertiary/aromatic N) is 1. The van der Waals surface area contributed by atoms with Gasteiger partial charge in [0.1, 0.15) is 0 Å². The van der Waals surface area contributed by atoms with Crippen LogP contribution in [0.3, 0.4) is 0 Å². The van der Waals surface area contributed by atoms with Crippen LogP contribution in [-0.2, 0) is 11.8 Å². The van der Waals surface area contributed by atoms with Crippen LogP contribution in [0.4, 0.5) is 13.2 Å². The van der Waals surface area contributed by atoms with Gasteiger partial charge >= 0.3 is 6.18 Å². The quantitative estimate of drug-likeness (QED) is 0.575. The highest BCUT2D eigenvalue weighted by Gasteiger charge is 2.62. The first kappa shape index (κ1) is 19.4. The number of aromatic nitrogens is 2. The second-order valence-corrected chi connectivity index (χ2v) is 8.57. The van der Waals surface area contributed by atoms with Gasteiger partial charge in [-0.15, -0.1) is 0 Å². The number of benzene rings is 2. The zero-order valence-electron chi connectivity index (χ0n) is 15.5. The Morgan fingerprint density at radius 1 is 1.23 bits per heavy atom. The molecule has 2 saturated carbocycles. The molecular weight excluding hydrogens is 419 g/mol. The normalized spacial score (nSPS) is 27.8. The lowest BCUT2D eigenvalue weighted by molar-refractivity contribution is -0.137. The number of nitrogens with one attached hydrogen (secondary N) is 2. The van der Waals surface area contributed by atoms with Crippen molar-refractivity contribution in [2.24, 2.45) is 11.8 Å². The highest BCUT2D eigenvalue weighted by molar-refractivity contribution is 6.30. The number of halogens is 4. The van der Waals surface area contributed by atoms with E-state index in [1.54, 1.807) is 24.3 Å². The summed E-state index contributed by atoms with van der Waals surface area (Å²) in [6, 6.07) is 8.50. The molecule has 0 saturated heterocycles. The van der Waals surface area contributed by atoms with E-state index in [1.807, 2.05) is 0 Å². The molecule has 30 heavy (non-hydrogen) atoms. The molecule has 1 aromatic heterocycles. The molecule has 156 valence electrons. The van der Waals surface area contributed by atoms with Crippen molar-refractivity contribution in [1.82, 2.24) is 15.5 Å². The topological polar surface area (TPSA) is 78.0 Å². The summed E-state index contributed by atoms with van der Waals surface area (Å²) in [6.07, 6.45) is -2.54. The number of H-pyrrole nitrogens is 1. The zero-order chi connectivity index (χ0) is 21.3. The van der Waals surface area contributed by atoms with Gasteiger partial charge in [0.2, 0.25) is 0 Å². The van der Waals surface area contributed by atoms with Crippen molar-refractivity contribution < 1.29 is 23.1 Å². The molecule has 9 heteroatoms. The molecule has 2 aliphatic rings. The van der Waals surface area contributed by atoms with Gasteiger partial charge in [-0.1, -0.05) is 17.7 Å². The van der Waals surface area contributed by atoms with E-state index in [-0.39, 0.29) is 47.7 Å². The van der Waals surface area contributed by atoms with Crippen LogP contribution in [0.5, 0.6) is 0 Å². The predicted octanol–water partition coefficient (Wildman–Crippen LogP) is 4.26. The van der Waals surface area contributed by atoms with Crippen LogP contribution in [0.15, 0.2) is 42.6 Å². The van der Waals surface area contributed by atoms with Crippen LogP contribution in [-0.4, -0.2) is 27.3 Å². The van der Waals surface area contributed by atoms with Gasteiger partial charge in [-0.05, 0) is 60.6 Å². The van der Waals surface area contributed by atoms with Gasteiger partial charge in [-0.25, -0.2) is 0 Å². The SMILES string of the molecule is O=C(NC1[C@H]2CC(O)(c3cc(C(F)(F)F)cc4[nH]ncc34)C[C@@H]12)c1cccc(Cl)c1. The lowest BCUT2D eigenvalue weighted by Gasteiger charge is -2.28. The number of hydrogen-bond donors (Lipinski definition) is 3. The van der Waals surface area contributed by atoms with Crippen molar-refractivity contribution in [3.63, 3.8) is 0 Å². The van der Waals surface area contributed by atoms with E-state index in [4.69, 9.17) is 11.6 Å². The van der Waals surface area contributed by atoms with Gasteiger partial charge in [-0.2, -0.15) is 18.3 Å². The van der Waals surface area contributed by atoms with Crippen LogP contribution in [0.25, 0.3) is 10.9 Å². The second-order valence-electron chi connectivity index (χ2n) is 8.13.